The fourth-order valence-electron chi connectivity index (χ4n) is 3.50. The normalized spacial score (nSPS) is 17.7. The van der Waals surface area contributed by atoms with Crippen LogP contribution in [0.2, 0.25) is 0 Å². The standard InChI is InChI=1S/C19H31N3O4S/c1-6-22-10-8-9-14(22)13-20-19(23)15-11-18(27(24,25)7-2)16(21(3)4)12-17(15)26-5/h11-12,14H,6-10,13H2,1-5H3,(H,20,23)/t14-/m0/s1. The highest BCUT2D eigenvalue weighted by Crippen LogP contribution is 2.33. The van der Waals surface area contributed by atoms with Crippen molar-refractivity contribution in [2.75, 3.05) is 51.5 Å². The van der Waals surface area contributed by atoms with Gasteiger partial charge in [-0.3, -0.25) is 9.69 Å². The third-order valence-electron chi connectivity index (χ3n) is 5.13. The number of nitrogens with one attached hydrogen (secondary N) is 1. The number of carbonyl (C=O) groups is 1. The van der Waals surface area contributed by atoms with E-state index in [1.807, 2.05) is 0 Å². The van der Waals surface area contributed by atoms with Gasteiger partial charge in [0.05, 0.1) is 29.0 Å². The first-order valence-electron chi connectivity index (χ1n) is 9.39. The Labute approximate surface area is 162 Å². The van der Waals surface area contributed by atoms with Crippen LogP contribution in [-0.2, 0) is 9.84 Å². The highest BCUT2D eigenvalue weighted by molar-refractivity contribution is 7.91. The van der Waals surface area contributed by atoms with Crippen molar-refractivity contribution in [1.82, 2.24) is 10.2 Å². The van der Waals surface area contributed by atoms with E-state index in [4.69, 9.17) is 4.74 Å². The van der Waals surface area contributed by atoms with Crippen LogP contribution < -0.4 is 15.0 Å². The predicted molar refractivity (Wildman–Crippen MR) is 108 cm³/mol. The van der Waals surface area contributed by atoms with E-state index < -0.39 is 9.84 Å². The van der Waals surface area contributed by atoms with E-state index in [2.05, 4.69) is 17.1 Å². The molecule has 152 valence electrons. The van der Waals surface area contributed by atoms with Crippen LogP contribution in [-0.4, -0.2) is 71.9 Å². The Bertz CT molecular complexity index is 777. The molecule has 8 heteroatoms. The molecule has 1 atom stereocenters. The van der Waals surface area contributed by atoms with Crippen LogP contribution in [0.1, 0.15) is 37.0 Å². The second-order valence-electron chi connectivity index (χ2n) is 6.95. The molecule has 1 saturated heterocycles. The molecule has 1 heterocycles. The van der Waals surface area contributed by atoms with Gasteiger partial charge in [0.1, 0.15) is 5.75 Å². The number of ether oxygens (including phenoxy) is 1. The van der Waals surface area contributed by atoms with Crippen LogP contribution in [0.3, 0.4) is 0 Å². The first-order valence-corrected chi connectivity index (χ1v) is 11.0. The van der Waals surface area contributed by atoms with Crippen molar-refractivity contribution < 1.29 is 17.9 Å². The summed E-state index contributed by atoms with van der Waals surface area (Å²) in [4.78, 5) is 17.0. The zero-order valence-electron chi connectivity index (χ0n) is 16.9. The lowest BCUT2D eigenvalue weighted by Gasteiger charge is -2.23. The summed E-state index contributed by atoms with van der Waals surface area (Å²) in [5, 5.41) is 2.96. The van der Waals surface area contributed by atoms with Crippen LogP contribution in [0.5, 0.6) is 5.75 Å². The number of carbonyl (C=O) groups excluding carboxylic acids is 1. The molecule has 0 bridgehead atoms. The largest absolute Gasteiger partial charge is 0.496 e. The Morgan fingerprint density at radius 1 is 1.33 bits per heavy atom. The summed E-state index contributed by atoms with van der Waals surface area (Å²) < 4.78 is 30.5. The number of benzene rings is 1. The monoisotopic (exact) mass is 397 g/mol. The molecule has 1 aliphatic heterocycles. The van der Waals surface area contributed by atoms with Crippen molar-refractivity contribution in [3.05, 3.63) is 17.7 Å². The van der Waals surface area contributed by atoms with Gasteiger partial charge in [-0.2, -0.15) is 0 Å². The molecule has 0 aliphatic carbocycles. The minimum atomic E-state index is -3.48. The fourth-order valence-corrected chi connectivity index (χ4v) is 4.67. The van der Waals surface area contributed by atoms with Crippen LogP contribution in [0.15, 0.2) is 17.0 Å². The van der Waals surface area contributed by atoms with Crippen LogP contribution in [0.25, 0.3) is 0 Å². The van der Waals surface area contributed by atoms with Gasteiger partial charge in [0.2, 0.25) is 0 Å². The molecule has 0 aromatic heterocycles. The summed E-state index contributed by atoms with van der Waals surface area (Å²) in [6.45, 7) is 6.27. The number of sulfone groups is 1. The summed E-state index contributed by atoms with van der Waals surface area (Å²) >= 11 is 0. The Hall–Kier alpha value is -1.80. The van der Waals surface area contributed by atoms with Crippen molar-refractivity contribution in [3.63, 3.8) is 0 Å². The van der Waals surface area contributed by atoms with Crippen LogP contribution >= 0.6 is 0 Å². The SMILES string of the molecule is CCN1CCC[C@H]1CNC(=O)c1cc(S(=O)(=O)CC)c(N(C)C)cc1OC. The smallest absolute Gasteiger partial charge is 0.255 e. The molecule has 0 spiro atoms. The van der Waals surface area contributed by atoms with Crippen LogP contribution in [0.4, 0.5) is 5.69 Å². The molecule has 2 rings (SSSR count). The van der Waals surface area contributed by atoms with Gasteiger partial charge >= 0.3 is 0 Å². The quantitative estimate of drug-likeness (QED) is 0.720. The maximum atomic E-state index is 12.8. The van der Waals surface area contributed by atoms with E-state index in [-0.39, 0.29) is 22.1 Å². The Morgan fingerprint density at radius 2 is 2.04 bits per heavy atom. The molecule has 7 nitrogen and oxygen atoms in total. The van der Waals surface area contributed by atoms with E-state index in [9.17, 15) is 13.2 Å². The number of hydrogen-bond acceptors (Lipinski definition) is 6. The number of amides is 1. The number of rotatable bonds is 8. The minimum absolute atomic E-state index is 0.0330. The van der Waals surface area contributed by atoms with E-state index >= 15 is 0 Å². The Kier molecular flexibility index (Phi) is 7.11. The molecule has 0 saturated carbocycles. The predicted octanol–water partition coefficient (Wildman–Crippen LogP) is 1.77. The molecule has 27 heavy (non-hydrogen) atoms. The molecule has 0 unspecified atom stereocenters. The van der Waals surface area contributed by atoms with Crippen molar-refractivity contribution in [3.8, 4) is 5.75 Å². The van der Waals surface area contributed by atoms with Gasteiger partial charge in [0.25, 0.3) is 5.91 Å². The van der Waals surface area contributed by atoms with E-state index in [1.165, 1.54) is 13.2 Å². The average Bonchev–Trinajstić information content (AvgIpc) is 3.12. The molecular formula is C19H31N3O4S. The van der Waals surface area contributed by atoms with E-state index in [0.29, 0.717) is 24.0 Å². The van der Waals surface area contributed by atoms with Gasteiger partial charge in [0, 0.05) is 32.7 Å². The third kappa shape index (κ3) is 4.73. The van der Waals surface area contributed by atoms with Crippen LogP contribution in [0, 0.1) is 0 Å². The van der Waals surface area contributed by atoms with E-state index in [1.54, 1.807) is 32.0 Å². The molecule has 1 amide bonds. The first-order chi connectivity index (χ1) is 12.7. The van der Waals surface area contributed by atoms with Gasteiger partial charge in [0.15, 0.2) is 9.84 Å². The molecule has 1 N–H and O–H groups in total. The summed E-state index contributed by atoms with van der Waals surface area (Å²) in [5.74, 6) is 0.0204. The van der Waals surface area contributed by atoms with E-state index in [0.717, 1.165) is 25.9 Å². The zero-order chi connectivity index (χ0) is 20.2. The third-order valence-corrected chi connectivity index (χ3v) is 6.88. The summed E-state index contributed by atoms with van der Waals surface area (Å²) in [5.41, 5.74) is 0.759. The summed E-state index contributed by atoms with van der Waals surface area (Å²) in [6, 6.07) is 3.38. The molecule has 1 aromatic rings. The highest BCUT2D eigenvalue weighted by atomic mass is 32.2. The fraction of sp³-hybridized carbons (Fsp3) is 0.632. The second-order valence-corrected chi connectivity index (χ2v) is 9.20. The average molecular weight is 398 g/mol. The second kappa shape index (κ2) is 8.93. The minimum Gasteiger partial charge on any atom is -0.496 e. The lowest BCUT2D eigenvalue weighted by atomic mass is 10.1. The zero-order valence-corrected chi connectivity index (χ0v) is 17.7. The molecule has 1 aromatic carbocycles. The van der Waals surface area contributed by atoms with Crippen molar-refractivity contribution in [2.45, 2.75) is 37.6 Å². The Balaban J connectivity index is 2.34. The number of nitrogens with zero attached hydrogens (tertiary/aromatic N) is 2. The number of likely N-dealkylation sites (tertiary alicyclic amines) is 1. The van der Waals surface area contributed by atoms with Gasteiger partial charge in [-0.25, -0.2) is 8.42 Å². The number of methoxy groups -OCH3 is 1. The van der Waals surface area contributed by atoms with Crippen molar-refractivity contribution in [1.29, 1.82) is 0 Å². The number of anilines is 1. The van der Waals surface area contributed by atoms with Gasteiger partial charge in [-0.05, 0) is 32.0 Å². The Morgan fingerprint density at radius 3 is 2.59 bits per heavy atom. The van der Waals surface area contributed by atoms with Gasteiger partial charge in [-0.15, -0.1) is 0 Å². The van der Waals surface area contributed by atoms with Gasteiger partial charge in [-0.1, -0.05) is 13.8 Å². The van der Waals surface area contributed by atoms with Crippen molar-refractivity contribution >= 4 is 21.4 Å². The highest BCUT2D eigenvalue weighted by Gasteiger charge is 2.26. The maximum Gasteiger partial charge on any atom is 0.255 e. The maximum absolute atomic E-state index is 12.8. The number of hydrogen-bond donors (Lipinski definition) is 1. The molecular weight excluding hydrogens is 366 g/mol. The lowest BCUT2D eigenvalue weighted by molar-refractivity contribution is 0.0938. The van der Waals surface area contributed by atoms with Gasteiger partial charge < -0.3 is 15.0 Å². The summed E-state index contributed by atoms with van der Waals surface area (Å²) in [7, 11) is 1.53. The molecule has 1 fully saturated rings. The molecule has 0 radical (unpaired) electrons. The number of likely N-dealkylation sites (N-methyl/N-ethyl adjacent to an activating group) is 1. The topological polar surface area (TPSA) is 79.0 Å². The van der Waals surface area contributed by atoms with Crippen molar-refractivity contribution in [2.24, 2.45) is 0 Å². The lowest BCUT2D eigenvalue weighted by Crippen LogP contribution is -2.40. The first kappa shape index (κ1) is 21.5. The summed E-state index contributed by atoms with van der Waals surface area (Å²) in [6.07, 6.45) is 2.19. The molecule has 1 aliphatic rings.